The van der Waals surface area contributed by atoms with E-state index in [-0.39, 0.29) is 6.04 Å². The van der Waals surface area contributed by atoms with Gasteiger partial charge in [-0.3, -0.25) is 0 Å². The molecule has 0 aromatic heterocycles. The molecule has 2 aromatic rings. The fourth-order valence-electron chi connectivity index (χ4n) is 2.78. The van der Waals surface area contributed by atoms with E-state index in [0.717, 1.165) is 24.4 Å². The lowest BCUT2D eigenvalue weighted by Crippen LogP contribution is -2.38. The van der Waals surface area contributed by atoms with Crippen LogP contribution >= 0.6 is 12.2 Å². The molecule has 2 nitrogen and oxygen atoms in total. The Morgan fingerprint density at radius 2 is 1.65 bits per heavy atom. The monoisotopic (exact) mass is 324 g/mol. The maximum absolute atomic E-state index is 5.47. The highest BCUT2D eigenvalue weighted by molar-refractivity contribution is 7.80. The molecule has 3 heteroatoms. The van der Waals surface area contributed by atoms with Crippen LogP contribution in [0.15, 0.2) is 60.7 Å². The summed E-state index contributed by atoms with van der Waals surface area (Å²) in [7, 11) is 0. The van der Waals surface area contributed by atoms with Crippen LogP contribution in [0.1, 0.15) is 42.9 Å². The van der Waals surface area contributed by atoms with Crippen molar-refractivity contribution in [1.29, 1.82) is 0 Å². The van der Waals surface area contributed by atoms with Crippen molar-refractivity contribution in [3.05, 3.63) is 71.8 Å². The lowest BCUT2D eigenvalue weighted by molar-refractivity contribution is 0.557. The number of aryl methyl sites for hydroxylation is 1. The fraction of sp³-hybridized carbons (Fsp3) is 0.350. The Morgan fingerprint density at radius 1 is 1.00 bits per heavy atom. The van der Waals surface area contributed by atoms with Crippen LogP contribution in [-0.2, 0) is 6.42 Å². The molecule has 1 atom stereocenters. The second kappa shape index (κ2) is 8.11. The first-order chi connectivity index (χ1) is 11.3. The van der Waals surface area contributed by atoms with Crippen LogP contribution in [0.5, 0.6) is 0 Å². The molecule has 23 heavy (non-hydrogen) atoms. The summed E-state index contributed by atoms with van der Waals surface area (Å²) in [6.07, 6.45) is 5.81. The Labute approximate surface area is 144 Å². The molecule has 2 aromatic carbocycles. The van der Waals surface area contributed by atoms with E-state index in [2.05, 4.69) is 71.3 Å². The predicted octanol–water partition coefficient (Wildman–Crippen LogP) is 4.38. The van der Waals surface area contributed by atoms with Gasteiger partial charge in [0.15, 0.2) is 5.11 Å². The number of nitrogens with one attached hydrogen (secondary N) is 2. The molecule has 1 aliphatic rings. The van der Waals surface area contributed by atoms with Crippen LogP contribution in [0.4, 0.5) is 0 Å². The Hall–Kier alpha value is -1.87. The maximum Gasteiger partial charge on any atom is 0.166 e. The summed E-state index contributed by atoms with van der Waals surface area (Å²) >= 11 is 5.47. The minimum atomic E-state index is 0.277. The first-order valence-electron chi connectivity index (χ1n) is 8.47. The summed E-state index contributed by atoms with van der Waals surface area (Å²) in [6, 6.07) is 22.2. The molecular weight excluding hydrogens is 300 g/mol. The van der Waals surface area contributed by atoms with E-state index < -0.39 is 0 Å². The van der Waals surface area contributed by atoms with Crippen LogP contribution < -0.4 is 10.6 Å². The highest BCUT2D eigenvalue weighted by Gasteiger charge is 2.22. The summed E-state index contributed by atoms with van der Waals surface area (Å²) in [5, 5.41) is 7.69. The van der Waals surface area contributed by atoms with Gasteiger partial charge in [0, 0.05) is 6.04 Å². The molecule has 2 N–H and O–H groups in total. The van der Waals surface area contributed by atoms with Gasteiger partial charge in [-0.1, -0.05) is 60.7 Å². The van der Waals surface area contributed by atoms with Gasteiger partial charge in [-0.15, -0.1) is 0 Å². The maximum atomic E-state index is 5.47. The highest BCUT2D eigenvalue weighted by Crippen LogP contribution is 2.21. The second-order valence-corrected chi connectivity index (χ2v) is 6.64. The zero-order chi connectivity index (χ0) is 15.9. The van der Waals surface area contributed by atoms with Gasteiger partial charge in [0.1, 0.15) is 0 Å². The summed E-state index contributed by atoms with van der Waals surface area (Å²) < 4.78 is 0. The lowest BCUT2D eigenvalue weighted by Gasteiger charge is -2.21. The summed E-state index contributed by atoms with van der Waals surface area (Å²) in [6.45, 7) is 0. The van der Waals surface area contributed by atoms with Crippen LogP contribution in [0, 0.1) is 0 Å². The van der Waals surface area contributed by atoms with Crippen molar-refractivity contribution >= 4 is 17.3 Å². The number of rotatable bonds is 7. The van der Waals surface area contributed by atoms with Gasteiger partial charge in [-0.2, -0.15) is 0 Å². The van der Waals surface area contributed by atoms with E-state index in [1.165, 1.54) is 24.0 Å². The number of hydrogen-bond donors (Lipinski definition) is 2. The zero-order valence-corrected chi connectivity index (χ0v) is 14.2. The van der Waals surface area contributed by atoms with E-state index in [1.807, 2.05) is 0 Å². The molecule has 1 aliphatic carbocycles. The molecule has 120 valence electrons. The largest absolute Gasteiger partial charge is 0.360 e. The summed E-state index contributed by atoms with van der Waals surface area (Å²) in [4.78, 5) is 0. The molecular formula is C20H24N2S. The normalized spacial score (nSPS) is 15.0. The van der Waals surface area contributed by atoms with Crippen molar-refractivity contribution in [2.45, 2.75) is 44.2 Å². The minimum absolute atomic E-state index is 0.277. The van der Waals surface area contributed by atoms with Crippen molar-refractivity contribution in [1.82, 2.24) is 10.6 Å². The smallest absolute Gasteiger partial charge is 0.166 e. The number of hydrogen-bond acceptors (Lipinski definition) is 1. The van der Waals surface area contributed by atoms with Gasteiger partial charge in [-0.05, 0) is 55.4 Å². The molecule has 0 amide bonds. The molecule has 0 spiro atoms. The third-order valence-corrected chi connectivity index (χ3v) is 4.46. The Balaban J connectivity index is 1.56. The molecule has 3 rings (SSSR count). The third-order valence-electron chi connectivity index (χ3n) is 4.22. The standard InChI is InChI=1S/C20H24N2S/c23-20(21-18-14-15-18)22-19(17-11-5-2-6-12-17)13-7-10-16-8-3-1-4-9-16/h1-6,8-9,11-12,18-19H,7,10,13-15H2,(H2,21,22,23)/t19-/m0/s1. The van der Waals surface area contributed by atoms with Crippen molar-refractivity contribution in [3.63, 3.8) is 0 Å². The van der Waals surface area contributed by atoms with Crippen LogP contribution in [-0.4, -0.2) is 11.2 Å². The minimum Gasteiger partial charge on any atom is -0.360 e. The Kier molecular flexibility index (Phi) is 5.65. The van der Waals surface area contributed by atoms with E-state index in [1.54, 1.807) is 0 Å². The van der Waals surface area contributed by atoms with Gasteiger partial charge in [0.25, 0.3) is 0 Å². The van der Waals surface area contributed by atoms with Crippen molar-refractivity contribution in [3.8, 4) is 0 Å². The quantitative estimate of drug-likeness (QED) is 0.739. The van der Waals surface area contributed by atoms with Gasteiger partial charge in [0.2, 0.25) is 0 Å². The molecule has 0 heterocycles. The topological polar surface area (TPSA) is 24.1 Å². The van der Waals surface area contributed by atoms with Crippen LogP contribution in [0.25, 0.3) is 0 Å². The molecule has 0 unspecified atom stereocenters. The number of thiocarbonyl (C=S) groups is 1. The molecule has 0 radical (unpaired) electrons. The molecule has 1 saturated carbocycles. The molecule has 0 bridgehead atoms. The van der Waals surface area contributed by atoms with Crippen molar-refractivity contribution in [2.24, 2.45) is 0 Å². The fourth-order valence-corrected chi connectivity index (χ4v) is 3.08. The lowest BCUT2D eigenvalue weighted by atomic mass is 9.99. The van der Waals surface area contributed by atoms with E-state index in [9.17, 15) is 0 Å². The van der Waals surface area contributed by atoms with Crippen LogP contribution in [0.2, 0.25) is 0 Å². The number of benzene rings is 2. The SMILES string of the molecule is S=C(NC1CC1)N[C@@H](CCCc1ccccc1)c1ccccc1. The first-order valence-corrected chi connectivity index (χ1v) is 8.88. The average Bonchev–Trinajstić information content (AvgIpc) is 3.39. The molecule has 0 aliphatic heterocycles. The van der Waals surface area contributed by atoms with Gasteiger partial charge in [-0.25, -0.2) is 0 Å². The molecule has 1 fully saturated rings. The van der Waals surface area contributed by atoms with E-state index >= 15 is 0 Å². The van der Waals surface area contributed by atoms with Gasteiger partial charge in [0.05, 0.1) is 6.04 Å². The molecule has 0 saturated heterocycles. The Morgan fingerprint density at radius 3 is 2.30 bits per heavy atom. The highest BCUT2D eigenvalue weighted by atomic mass is 32.1. The van der Waals surface area contributed by atoms with Gasteiger partial charge < -0.3 is 10.6 Å². The predicted molar refractivity (Wildman–Crippen MR) is 100 cm³/mol. The van der Waals surface area contributed by atoms with Crippen molar-refractivity contribution < 1.29 is 0 Å². The van der Waals surface area contributed by atoms with E-state index in [4.69, 9.17) is 12.2 Å². The second-order valence-electron chi connectivity index (χ2n) is 6.23. The van der Waals surface area contributed by atoms with Gasteiger partial charge >= 0.3 is 0 Å². The average molecular weight is 324 g/mol. The Bertz CT molecular complexity index is 608. The zero-order valence-electron chi connectivity index (χ0n) is 13.4. The van der Waals surface area contributed by atoms with Crippen molar-refractivity contribution in [2.75, 3.05) is 0 Å². The third kappa shape index (κ3) is 5.36. The van der Waals surface area contributed by atoms with Crippen LogP contribution in [0.3, 0.4) is 0 Å². The van der Waals surface area contributed by atoms with E-state index in [0.29, 0.717) is 6.04 Å². The summed E-state index contributed by atoms with van der Waals surface area (Å²) in [5.41, 5.74) is 2.71. The first kappa shape index (κ1) is 16.0. The summed E-state index contributed by atoms with van der Waals surface area (Å²) in [5.74, 6) is 0.